The molecule has 0 aromatic heterocycles. The number of carboxylic acids is 1. The average molecular weight is 358 g/mol. The summed E-state index contributed by atoms with van der Waals surface area (Å²) in [6, 6.07) is 5.29. The van der Waals surface area contributed by atoms with Crippen LogP contribution in [-0.4, -0.2) is 41.6 Å². The number of likely N-dealkylation sites (tertiary alicyclic amines) is 1. The van der Waals surface area contributed by atoms with E-state index in [1.54, 1.807) is 11.0 Å². The first-order chi connectivity index (χ1) is 11.8. The Morgan fingerprint density at radius 3 is 2.44 bits per heavy atom. The topological polar surface area (TPSA) is 69.6 Å². The van der Waals surface area contributed by atoms with Crippen LogP contribution in [-0.2, 0) is 11.0 Å². The number of alkyl halides is 3. The maximum Gasteiger partial charge on any atom is 0.416 e. The highest BCUT2D eigenvalue weighted by atomic mass is 19.4. The van der Waals surface area contributed by atoms with Crippen molar-refractivity contribution in [3.8, 4) is 0 Å². The van der Waals surface area contributed by atoms with Crippen LogP contribution in [0.25, 0.3) is 0 Å². The van der Waals surface area contributed by atoms with E-state index < -0.39 is 17.7 Å². The van der Waals surface area contributed by atoms with Crippen molar-refractivity contribution in [1.82, 2.24) is 10.2 Å². The molecule has 1 aromatic rings. The first kappa shape index (κ1) is 19.1. The van der Waals surface area contributed by atoms with E-state index in [1.807, 2.05) is 0 Å². The number of piperidine rings is 1. The summed E-state index contributed by atoms with van der Waals surface area (Å²) < 4.78 is 39.4. The van der Waals surface area contributed by atoms with Gasteiger partial charge in [-0.15, -0.1) is 0 Å². The van der Waals surface area contributed by atoms with E-state index in [4.69, 9.17) is 5.11 Å². The first-order valence-electron chi connectivity index (χ1n) is 8.19. The number of carbonyl (C=O) groups excluding carboxylic acids is 1. The molecule has 2 N–H and O–H groups in total. The molecule has 2 amide bonds. The number of carboxylic acid groups (broad SMARTS) is 1. The van der Waals surface area contributed by atoms with Crippen molar-refractivity contribution >= 4 is 12.0 Å². The lowest BCUT2D eigenvalue weighted by Crippen LogP contribution is -2.44. The number of nitrogens with one attached hydrogen (secondary N) is 1. The maximum absolute atomic E-state index is 13.1. The van der Waals surface area contributed by atoms with Crippen LogP contribution < -0.4 is 5.32 Å². The molecule has 0 radical (unpaired) electrons. The van der Waals surface area contributed by atoms with Crippen molar-refractivity contribution in [1.29, 1.82) is 0 Å². The largest absolute Gasteiger partial charge is 0.481 e. The lowest BCUT2D eigenvalue weighted by Gasteiger charge is -2.33. The van der Waals surface area contributed by atoms with Gasteiger partial charge in [-0.05, 0) is 36.8 Å². The van der Waals surface area contributed by atoms with Gasteiger partial charge in [0.25, 0.3) is 0 Å². The van der Waals surface area contributed by atoms with Crippen LogP contribution in [0.1, 0.15) is 42.7 Å². The number of urea groups is 1. The molecular weight excluding hydrogens is 337 g/mol. The molecule has 1 aliphatic heterocycles. The molecule has 0 spiro atoms. The minimum absolute atomic E-state index is 0.0173. The highest BCUT2D eigenvalue weighted by Gasteiger charge is 2.36. The van der Waals surface area contributed by atoms with Gasteiger partial charge in [-0.3, -0.25) is 4.79 Å². The minimum Gasteiger partial charge on any atom is -0.481 e. The quantitative estimate of drug-likeness (QED) is 0.792. The summed E-state index contributed by atoms with van der Waals surface area (Å²) in [4.78, 5) is 24.0. The molecule has 0 aliphatic carbocycles. The van der Waals surface area contributed by atoms with Crippen LogP contribution >= 0.6 is 0 Å². The fraction of sp³-hybridized carbons (Fsp3) is 0.529. The van der Waals surface area contributed by atoms with Crippen molar-refractivity contribution in [2.45, 2.75) is 37.8 Å². The molecular formula is C17H21F3N2O3. The van der Waals surface area contributed by atoms with E-state index in [2.05, 4.69) is 5.32 Å². The maximum atomic E-state index is 13.1. The Morgan fingerprint density at radius 2 is 1.84 bits per heavy atom. The third kappa shape index (κ3) is 5.37. The third-order valence-electron chi connectivity index (χ3n) is 4.33. The number of benzene rings is 1. The number of amides is 2. The van der Waals surface area contributed by atoms with E-state index in [1.165, 1.54) is 12.1 Å². The molecule has 0 unspecified atom stereocenters. The van der Waals surface area contributed by atoms with Crippen molar-refractivity contribution < 1.29 is 27.9 Å². The summed E-state index contributed by atoms with van der Waals surface area (Å²) in [7, 11) is 0. The predicted molar refractivity (Wildman–Crippen MR) is 85.3 cm³/mol. The van der Waals surface area contributed by atoms with Crippen molar-refractivity contribution in [2.75, 3.05) is 19.6 Å². The van der Waals surface area contributed by atoms with Crippen LogP contribution in [0.2, 0.25) is 0 Å². The minimum atomic E-state index is -4.38. The number of carbonyl (C=O) groups is 2. The van der Waals surface area contributed by atoms with Crippen LogP contribution in [0.15, 0.2) is 24.3 Å². The molecule has 0 atom stereocenters. The van der Waals surface area contributed by atoms with E-state index in [9.17, 15) is 22.8 Å². The number of hydrogen-bond acceptors (Lipinski definition) is 2. The summed E-state index contributed by atoms with van der Waals surface area (Å²) in [5.74, 6) is -1.15. The van der Waals surface area contributed by atoms with Crippen molar-refractivity contribution in [2.24, 2.45) is 0 Å². The highest BCUT2D eigenvalue weighted by Crippen LogP contribution is 2.38. The summed E-state index contributed by atoms with van der Waals surface area (Å²) in [5, 5.41) is 11.2. The zero-order chi connectivity index (χ0) is 18.4. The molecule has 0 saturated carbocycles. The summed E-state index contributed by atoms with van der Waals surface area (Å²) in [5.41, 5.74) is -0.317. The van der Waals surface area contributed by atoms with Crippen molar-refractivity contribution in [3.05, 3.63) is 35.4 Å². The summed E-state index contributed by atoms with van der Waals surface area (Å²) in [6.45, 7) is 1.02. The molecule has 1 aromatic carbocycles. The van der Waals surface area contributed by atoms with Gasteiger partial charge in [0.05, 0.1) is 5.56 Å². The van der Waals surface area contributed by atoms with Gasteiger partial charge < -0.3 is 15.3 Å². The van der Waals surface area contributed by atoms with Gasteiger partial charge in [-0.1, -0.05) is 18.2 Å². The van der Waals surface area contributed by atoms with Gasteiger partial charge in [-0.25, -0.2) is 4.79 Å². The Morgan fingerprint density at radius 1 is 1.20 bits per heavy atom. The van der Waals surface area contributed by atoms with Gasteiger partial charge in [0.1, 0.15) is 0 Å². The SMILES string of the molecule is O=C(O)CCCNC(=O)N1CCC(c2ccccc2C(F)(F)F)CC1. The molecule has 1 saturated heterocycles. The van der Waals surface area contributed by atoms with E-state index in [0.717, 1.165) is 6.07 Å². The Labute approximate surface area is 143 Å². The Kier molecular flexibility index (Phi) is 6.27. The first-order valence-corrected chi connectivity index (χ1v) is 8.19. The Hall–Kier alpha value is -2.25. The van der Waals surface area contributed by atoms with Crippen LogP contribution in [0.4, 0.5) is 18.0 Å². The Bertz CT molecular complexity index is 611. The highest BCUT2D eigenvalue weighted by molar-refractivity contribution is 5.74. The lowest BCUT2D eigenvalue weighted by atomic mass is 9.86. The molecule has 25 heavy (non-hydrogen) atoms. The van der Waals surface area contributed by atoms with Crippen LogP contribution in [0.5, 0.6) is 0 Å². The fourth-order valence-electron chi connectivity index (χ4n) is 3.05. The smallest absolute Gasteiger partial charge is 0.416 e. The molecule has 1 fully saturated rings. The van der Waals surface area contributed by atoms with Crippen LogP contribution in [0, 0.1) is 0 Å². The van der Waals surface area contributed by atoms with Crippen molar-refractivity contribution in [3.63, 3.8) is 0 Å². The summed E-state index contributed by atoms with van der Waals surface area (Å²) in [6.07, 6.45) is -3.12. The zero-order valence-electron chi connectivity index (χ0n) is 13.7. The Balaban J connectivity index is 1.88. The molecule has 0 bridgehead atoms. The fourth-order valence-corrected chi connectivity index (χ4v) is 3.05. The van der Waals surface area contributed by atoms with Gasteiger partial charge in [0.15, 0.2) is 0 Å². The number of halogens is 3. The molecule has 8 heteroatoms. The van der Waals surface area contributed by atoms with Gasteiger partial charge >= 0.3 is 18.2 Å². The van der Waals surface area contributed by atoms with E-state index in [-0.39, 0.29) is 30.5 Å². The van der Waals surface area contributed by atoms with Crippen LogP contribution in [0.3, 0.4) is 0 Å². The van der Waals surface area contributed by atoms with E-state index >= 15 is 0 Å². The number of aliphatic carboxylic acids is 1. The standard InChI is InChI=1S/C17H21F3N2O3/c18-17(19,20)14-5-2-1-4-13(14)12-7-10-22(11-8-12)16(25)21-9-3-6-15(23)24/h1-2,4-5,12H,3,6-11H2,(H,21,25)(H,23,24). The van der Waals surface area contributed by atoms with E-state index in [0.29, 0.717) is 32.4 Å². The molecule has 138 valence electrons. The molecule has 2 rings (SSSR count). The number of nitrogens with zero attached hydrogens (tertiary/aromatic N) is 1. The molecule has 5 nitrogen and oxygen atoms in total. The number of hydrogen-bond donors (Lipinski definition) is 2. The lowest BCUT2D eigenvalue weighted by molar-refractivity contribution is -0.138. The molecule has 1 heterocycles. The second kappa shape index (κ2) is 8.22. The molecule has 1 aliphatic rings. The third-order valence-corrected chi connectivity index (χ3v) is 4.33. The average Bonchev–Trinajstić information content (AvgIpc) is 2.58. The van der Waals surface area contributed by atoms with Gasteiger partial charge in [-0.2, -0.15) is 13.2 Å². The zero-order valence-corrected chi connectivity index (χ0v) is 13.7. The number of rotatable bonds is 5. The van der Waals surface area contributed by atoms with Gasteiger partial charge in [0.2, 0.25) is 0 Å². The second-order valence-corrected chi connectivity index (χ2v) is 6.08. The van der Waals surface area contributed by atoms with Gasteiger partial charge in [0, 0.05) is 26.1 Å². The monoisotopic (exact) mass is 358 g/mol. The summed E-state index contributed by atoms with van der Waals surface area (Å²) >= 11 is 0. The predicted octanol–water partition coefficient (Wildman–Crippen LogP) is 3.46. The second-order valence-electron chi connectivity index (χ2n) is 6.08. The normalized spacial score (nSPS) is 15.9.